The van der Waals surface area contributed by atoms with E-state index in [2.05, 4.69) is 24.1 Å². The Morgan fingerprint density at radius 2 is 1.83 bits per heavy atom. The SMILES string of the molecule is CCCN(CCC)C(=O)c1cncc(Nc2ccc(Cl)cc2Cl)c1. The van der Waals surface area contributed by atoms with Gasteiger partial charge in [0.25, 0.3) is 5.91 Å². The first kappa shape index (κ1) is 18.6. The molecule has 24 heavy (non-hydrogen) atoms. The van der Waals surface area contributed by atoms with Crippen molar-refractivity contribution in [3.05, 3.63) is 52.3 Å². The number of nitrogens with zero attached hydrogens (tertiary/aromatic N) is 2. The van der Waals surface area contributed by atoms with E-state index in [4.69, 9.17) is 23.2 Å². The van der Waals surface area contributed by atoms with E-state index in [0.29, 0.717) is 27.0 Å². The Labute approximate surface area is 152 Å². The summed E-state index contributed by atoms with van der Waals surface area (Å²) in [6.45, 7) is 5.62. The second-order valence-electron chi connectivity index (χ2n) is 5.50. The summed E-state index contributed by atoms with van der Waals surface area (Å²) in [6.07, 6.45) is 5.11. The van der Waals surface area contributed by atoms with Gasteiger partial charge in [0.1, 0.15) is 0 Å². The molecule has 0 saturated heterocycles. The molecule has 0 aliphatic rings. The molecule has 1 heterocycles. The number of pyridine rings is 1. The first-order valence-corrected chi connectivity index (χ1v) is 8.77. The minimum Gasteiger partial charge on any atom is -0.353 e. The Hall–Kier alpha value is -1.78. The molecule has 6 heteroatoms. The number of carbonyl (C=O) groups is 1. The van der Waals surface area contributed by atoms with E-state index < -0.39 is 0 Å². The highest BCUT2D eigenvalue weighted by atomic mass is 35.5. The number of nitrogens with one attached hydrogen (secondary N) is 1. The molecule has 0 radical (unpaired) electrons. The molecule has 0 spiro atoms. The van der Waals surface area contributed by atoms with Gasteiger partial charge in [0.15, 0.2) is 0 Å². The van der Waals surface area contributed by atoms with Gasteiger partial charge in [-0.1, -0.05) is 37.0 Å². The first-order valence-electron chi connectivity index (χ1n) is 8.01. The first-order chi connectivity index (χ1) is 11.5. The Morgan fingerprint density at radius 1 is 1.12 bits per heavy atom. The second-order valence-corrected chi connectivity index (χ2v) is 6.35. The third-order valence-corrected chi connectivity index (χ3v) is 4.02. The van der Waals surface area contributed by atoms with Crippen LogP contribution in [0, 0.1) is 0 Å². The fourth-order valence-electron chi connectivity index (χ4n) is 2.41. The number of carbonyl (C=O) groups excluding carboxylic acids is 1. The van der Waals surface area contributed by atoms with Gasteiger partial charge in [0, 0.05) is 24.3 Å². The summed E-state index contributed by atoms with van der Waals surface area (Å²) >= 11 is 12.1. The van der Waals surface area contributed by atoms with E-state index in [-0.39, 0.29) is 5.91 Å². The molecule has 1 amide bonds. The zero-order valence-corrected chi connectivity index (χ0v) is 15.4. The Kier molecular flexibility index (Phi) is 6.88. The van der Waals surface area contributed by atoms with Gasteiger partial charge in [-0.3, -0.25) is 9.78 Å². The van der Waals surface area contributed by atoms with Crippen LogP contribution in [0.4, 0.5) is 11.4 Å². The molecule has 1 aromatic carbocycles. The van der Waals surface area contributed by atoms with Crippen molar-refractivity contribution in [2.75, 3.05) is 18.4 Å². The Bertz CT molecular complexity index is 700. The molecule has 0 unspecified atom stereocenters. The van der Waals surface area contributed by atoms with E-state index in [1.165, 1.54) is 0 Å². The molecule has 1 N–H and O–H groups in total. The predicted molar refractivity (Wildman–Crippen MR) is 100 cm³/mol. The van der Waals surface area contributed by atoms with Crippen molar-refractivity contribution in [2.24, 2.45) is 0 Å². The largest absolute Gasteiger partial charge is 0.353 e. The van der Waals surface area contributed by atoms with E-state index >= 15 is 0 Å². The normalized spacial score (nSPS) is 10.5. The second kappa shape index (κ2) is 8.90. The summed E-state index contributed by atoms with van der Waals surface area (Å²) in [5.74, 6) is -0.00273. The number of halogens is 2. The maximum absolute atomic E-state index is 12.7. The van der Waals surface area contributed by atoms with Crippen LogP contribution in [0.5, 0.6) is 0 Å². The molecule has 0 aliphatic heterocycles. The lowest BCUT2D eigenvalue weighted by atomic mass is 10.2. The number of anilines is 2. The minimum absolute atomic E-state index is 0.00273. The molecule has 0 aliphatic carbocycles. The Morgan fingerprint density at radius 3 is 2.46 bits per heavy atom. The smallest absolute Gasteiger partial charge is 0.255 e. The van der Waals surface area contributed by atoms with Crippen molar-refractivity contribution in [3.63, 3.8) is 0 Å². The van der Waals surface area contributed by atoms with Gasteiger partial charge < -0.3 is 10.2 Å². The topological polar surface area (TPSA) is 45.2 Å². The van der Waals surface area contributed by atoms with Gasteiger partial charge in [-0.2, -0.15) is 0 Å². The summed E-state index contributed by atoms with van der Waals surface area (Å²) < 4.78 is 0. The van der Waals surface area contributed by atoms with Crippen LogP contribution >= 0.6 is 23.2 Å². The van der Waals surface area contributed by atoms with Gasteiger partial charge in [-0.15, -0.1) is 0 Å². The Balaban J connectivity index is 2.20. The maximum atomic E-state index is 12.7. The van der Waals surface area contributed by atoms with Gasteiger partial charge in [0.2, 0.25) is 0 Å². The zero-order valence-electron chi connectivity index (χ0n) is 13.9. The van der Waals surface area contributed by atoms with Crippen molar-refractivity contribution < 1.29 is 4.79 Å². The van der Waals surface area contributed by atoms with E-state index in [1.807, 2.05) is 4.90 Å². The highest BCUT2D eigenvalue weighted by molar-refractivity contribution is 6.36. The lowest BCUT2D eigenvalue weighted by Gasteiger charge is -2.21. The number of rotatable bonds is 7. The van der Waals surface area contributed by atoms with Gasteiger partial charge in [0.05, 0.1) is 28.2 Å². The van der Waals surface area contributed by atoms with Crippen LogP contribution in [0.2, 0.25) is 10.0 Å². The highest BCUT2D eigenvalue weighted by Crippen LogP contribution is 2.28. The fourth-order valence-corrected chi connectivity index (χ4v) is 2.86. The minimum atomic E-state index is -0.00273. The third-order valence-electron chi connectivity index (χ3n) is 3.47. The molecule has 1 aromatic heterocycles. The van der Waals surface area contributed by atoms with Crippen molar-refractivity contribution >= 4 is 40.5 Å². The summed E-state index contributed by atoms with van der Waals surface area (Å²) in [6, 6.07) is 7.00. The van der Waals surface area contributed by atoms with E-state index in [1.54, 1.807) is 36.7 Å². The van der Waals surface area contributed by atoms with Crippen molar-refractivity contribution in [1.29, 1.82) is 0 Å². The molecule has 2 rings (SSSR count). The van der Waals surface area contributed by atoms with Gasteiger partial charge in [-0.05, 0) is 37.1 Å². The molecule has 0 fully saturated rings. The fraction of sp³-hybridized carbons (Fsp3) is 0.333. The molecular weight excluding hydrogens is 345 g/mol. The van der Waals surface area contributed by atoms with Gasteiger partial charge in [-0.25, -0.2) is 0 Å². The standard InChI is InChI=1S/C18H21Cl2N3O/c1-3-7-23(8-4-2)18(24)13-9-15(12-21-11-13)22-17-6-5-14(19)10-16(17)20/h5-6,9-12,22H,3-4,7-8H2,1-2H3. The lowest BCUT2D eigenvalue weighted by Crippen LogP contribution is -2.32. The van der Waals surface area contributed by atoms with Crippen LogP contribution in [-0.4, -0.2) is 28.9 Å². The van der Waals surface area contributed by atoms with Crippen LogP contribution in [0.3, 0.4) is 0 Å². The number of hydrogen-bond donors (Lipinski definition) is 1. The third kappa shape index (κ3) is 4.86. The average molecular weight is 366 g/mol. The lowest BCUT2D eigenvalue weighted by molar-refractivity contribution is 0.0755. The van der Waals surface area contributed by atoms with Crippen LogP contribution in [0.1, 0.15) is 37.0 Å². The number of benzene rings is 1. The van der Waals surface area contributed by atoms with Crippen molar-refractivity contribution in [2.45, 2.75) is 26.7 Å². The quantitative estimate of drug-likeness (QED) is 0.714. The summed E-state index contributed by atoms with van der Waals surface area (Å²) in [7, 11) is 0. The molecule has 4 nitrogen and oxygen atoms in total. The highest BCUT2D eigenvalue weighted by Gasteiger charge is 2.15. The van der Waals surface area contributed by atoms with Crippen LogP contribution in [0.15, 0.2) is 36.7 Å². The summed E-state index contributed by atoms with van der Waals surface area (Å²) in [4.78, 5) is 18.7. The van der Waals surface area contributed by atoms with Crippen molar-refractivity contribution in [1.82, 2.24) is 9.88 Å². The molecule has 128 valence electrons. The predicted octanol–water partition coefficient (Wildman–Crippen LogP) is 5.39. The van der Waals surface area contributed by atoms with Crippen LogP contribution in [-0.2, 0) is 0 Å². The number of aromatic nitrogens is 1. The zero-order chi connectivity index (χ0) is 17.5. The summed E-state index contributed by atoms with van der Waals surface area (Å²) in [5, 5.41) is 4.26. The number of hydrogen-bond acceptors (Lipinski definition) is 3. The molecule has 0 bridgehead atoms. The molecule has 2 aromatic rings. The number of amides is 1. The maximum Gasteiger partial charge on any atom is 0.255 e. The molecular formula is C18H21Cl2N3O. The van der Waals surface area contributed by atoms with E-state index in [0.717, 1.165) is 25.9 Å². The van der Waals surface area contributed by atoms with Gasteiger partial charge >= 0.3 is 0 Å². The molecule has 0 saturated carbocycles. The average Bonchev–Trinajstić information content (AvgIpc) is 2.57. The van der Waals surface area contributed by atoms with E-state index in [9.17, 15) is 4.79 Å². The summed E-state index contributed by atoms with van der Waals surface area (Å²) in [5.41, 5.74) is 1.98. The monoisotopic (exact) mass is 365 g/mol. The van der Waals surface area contributed by atoms with Crippen LogP contribution in [0.25, 0.3) is 0 Å². The molecule has 0 atom stereocenters. The van der Waals surface area contributed by atoms with Crippen LogP contribution < -0.4 is 5.32 Å². The van der Waals surface area contributed by atoms with Crippen molar-refractivity contribution in [3.8, 4) is 0 Å².